The largest absolute Gasteiger partial charge is 0.368 e. The van der Waals surface area contributed by atoms with E-state index in [0.717, 1.165) is 25.7 Å². The molecule has 0 unspecified atom stereocenters. The highest BCUT2D eigenvalue weighted by atomic mass is 35.5. The average molecular weight is 343 g/mol. The summed E-state index contributed by atoms with van der Waals surface area (Å²) in [5.41, 5.74) is 5.48. The zero-order chi connectivity index (χ0) is 15.9. The van der Waals surface area contributed by atoms with Crippen LogP contribution in [0.4, 0.5) is 0 Å². The molecule has 3 atom stereocenters. The van der Waals surface area contributed by atoms with Crippen LogP contribution < -0.4 is 5.73 Å². The Morgan fingerprint density at radius 3 is 2.59 bits per heavy atom. The number of hydrogen-bond donors (Lipinski definition) is 1. The zero-order valence-corrected chi connectivity index (χ0v) is 13.7. The van der Waals surface area contributed by atoms with E-state index in [9.17, 15) is 13.2 Å². The van der Waals surface area contributed by atoms with Crippen molar-refractivity contribution in [2.24, 2.45) is 11.7 Å². The highest BCUT2D eigenvalue weighted by Gasteiger charge is 2.50. The minimum atomic E-state index is -3.83. The number of carbonyl (C=O) groups is 1. The highest BCUT2D eigenvalue weighted by molar-refractivity contribution is 7.89. The number of sulfonamides is 1. The van der Waals surface area contributed by atoms with Crippen molar-refractivity contribution in [3.05, 3.63) is 29.3 Å². The van der Waals surface area contributed by atoms with E-state index in [2.05, 4.69) is 0 Å². The van der Waals surface area contributed by atoms with Crippen LogP contribution in [0, 0.1) is 5.92 Å². The third-order valence-electron chi connectivity index (χ3n) is 4.75. The molecule has 1 heterocycles. The fourth-order valence-electron chi connectivity index (χ4n) is 3.77. The smallest absolute Gasteiger partial charge is 0.245 e. The number of hydrogen-bond acceptors (Lipinski definition) is 3. The molecular formula is C15H19ClN2O3S. The van der Waals surface area contributed by atoms with Crippen LogP contribution >= 0.6 is 11.6 Å². The maximum Gasteiger partial charge on any atom is 0.245 e. The first kappa shape index (κ1) is 15.8. The summed E-state index contributed by atoms with van der Waals surface area (Å²) in [7, 11) is -3.83. The number of rotatable bonds is 3. The van der Waals surface area contributed by atoms with Crippen LogP contribution in [0.25, 0.3) is 0 Å². The van der Waals surface area contributed by atoms with E-state index in [4.69, 9.17) is 17.3 Å². The van der Waals surface area contributed by atoms with Crippen molar-refractivity contribution in [2.75, 3.05) is 0 Å². The predicted molar refractivity (Wildman–Crippen MR) is 83.8 cm³/mol. The summed E-state index contributed by atoms with van der Waals surface area (Å²) in [5, 5.41) is 0.171. The van der Waals surface area contributed by atoms with Gasteiger partial charge in [0.25, 0.3) is 0 Å². The van der Waals surface area contributed by atoms with Crippen LogP contribution in [0.2, 0.25) is 5.02 Å². The summed E-state index contributed by atoms with van der Waals surface area (Å²) in [5.74, 6) is -0.367. The summed E-state index contributed by atoms with van der Waals surface area (Å²) in [6, 6.07) is 5.42. The zero-order valence-electron chi connectivity index (χ0n) is 12.1. The molecule has 0 bridgehead atoms. The molecule has 2 fully saturated rings. The lowest BCUT2D eigenvalue weighted by molar-refractivity contribution is -0.121. The second-order valence-corrected chi connectivity index (χ2v) is 8.25. The van der Waals surface area contributed by atoms with Crippen LogP contribution in [-0.2, 0) is 14.8 Å². The van der Waals surface area contributed by atoms with Gasteiger partial charge in [-0.15, -0.1) is 0 Å². The van der Waals surface area contributed by atoms with Gasteiger partial charge in [0.05, 0.1) is 5.02 Å². The molecule has 5 nitrogen and oxygen atoms in total. The van der Waals surface area contributed by atoms with Gasteiger partial charge in [-0.1, -0.05) is 36.6 Å². The van der Waals surface area contributed by atoms with Gasteiger partial charge in [0.15, 0.2) is 0 Å². The number of benzene rings is 1. The average Bonchev–Trinajstić information content (AvgIpc) is 2.88. The number of nitrogens with zero attached hydrogens (tertiary/aromatic N) is 1. The summed E-state index contributed by atoms with van der Waals surface area (Å²) in [6.45, 7) is 0. The number of primary amides is 1. The molecule has 1 saturated carbocycles. The third kappa shape index (κ3) is 2.53. The lowest BCUT2D eigenvalue weighted by Gasteiger charge is -2.32. The van der Waals surface area contributed by atoms with E-state index >= 15 is 0 Å². The number of carbonyl (C=O) groups excluding carboxylic acids is 1. The van der Waals surface area contributed by atoms with Gasteiger partial charge in [0.1, 0.15) is 10.9 Å². The molecule has 22 heavy (non-hydrogen) atoms. The Labute approximate surface area is 135 Å². The first-order valence-electron chi connectivity index (χ1n) is 7.50. The van der Waals surface area contributed by atoms with Gasteiger partial charge in [-0.25, -0.2) is 8.42 Å². The van der Waals surface area contributed by atoms with E-state index in [-0.39, 0.29) is 21.9 Å². The Morgan fingerprint density at radius 2 is 1.91 bits per heavy atom. The Morgan fingerprint density at radius 1 is 1.23 bits per heavy atom. The standard InChI is InChI=1S/C15H19ClN2O3S/c16-11-6-2-4-8-14(11)22(20,21)18-12-7-3-1-5-10(12)9-13(18)15(17)19/h2,4,6,8,10,12-13H,1,3,5,7,9H2,(H2,17,19)/t10-,12+,13+/m1/s1. The van der Waals surface area contributed by atoms with Gasteiger partial charge in [-0.2, -0.15) is 4.31 Å². The minimum absolute atomic E-state index is 0.0501. The molecule has 0 radical (unpaired) electrons. The summed E-state index contributed by atoms with van der Waals surface area (Å²) < 4.78 is 27.5. The normalized spacial score (nSPS) is 29.2. The Hall–Kier alpha value is -1.11. The fourth-order valence-corrected chi connectivity index (χ4v) is 6.15. The van der Waals surface area contributed by atoms with Gasteiger partial charge in [-0.3, -0.25) is 4.79 Å². The first-order chi connectivity index (χ1) is 10.4. The second-order valence-electron chi connectivity index (χ2n) is 6.03. The molecule has 1 aromatic rings. The number of amides is 1. The number of nitrogens with two attached hydrogens (primary N) is 1. The van der Waals surface area contributed by atoms with Crippen LogP contribution in [0.5, 0.6) is 0 Å². The predicted octanol–water partition coefficient (Wildman–Crippen LogP) is 2.15. The second kappa shape index (κ2) is 5.83. The molecule has 1 aromatic carbocycles. The monoisotopic (exact) mass is 342 g/mol. The van der Waals surface area contributed by atoms with Crippen LogP contribution in [-0.4, -0.2) is 30.7 Å². The molecule has 1 amide bonds. The fraction of sp³-hybridized carbons (Fsp3) is 0.533. The molecule has 3 rings (SSSR count). The van der Waals surface area contributed by atoms with E-state index in [1.54, 1.807) is 18.2 Å². The maximum absolute atomic E-state index is 13.1. The van der Waals surface area contributed by atoms with Crippen molar-refractivity contribution in [3.8, 4) is 0 Å². The van der Waals surface area contributed by atoms with Crippen LogP contribution in [0.15, 0.2) is 29.2 Å². The number of fused-ring (bicyclic) bond motifs is 1. The lowest BCUT2D eigenvalue weighted by atomic mass is 9.85. The van der Waals surface area contributed by atoms with E-state index in [1.165, 1.54) is 10.4 Å². The molecule has 120 valence electrons. The SMILES string of the molecule is NC(=O)[C@@H]1C[C@H]2CCCC[C@@H]2N1S(=O)(=O)c1ccccc1Cl. The van der Waals surface area contributed by atoms with Crippen molar-refractivity contribution in [1.29, 1.82) is 0 Å². The van der Waals surface area contributed by atoms with Crippen molar-refractivity contribution in [3.63, 3.8) is 0 Å². The Balaban J connectivity index is 2.06. The van der Waals surface area contributed by atoms with Gasteiger partial charge < -0.3 is 5.73 Å². The van der Waals surface area contributed by atoms with Gasteiger partial charge >= 0.3 is 0 Å². The van der Waals surface area contributed by atoms with Gasteiger partial charge in [0, 0.05) is 6.04 Å². The van der Waals surface area contributed by atoms with Crippen LogP contribution in [0.1, 0.15) is 32.1 Å². The summed E-state index contributed by atoms with van der Waals surface area (Å²) in [6.07, 6.45) is 4.29. The first-order valence-corrected chi connectivity index (χ1v) is 9.32. The quantitative estimate of drug-likeness (QED) is 0.913. The van der Waals surface area contributed by atoms with Crippen molar-refractivity contribution < 1.29 is 13.2 Å². The van der Waals surface area contributed by atoms with Gasteiger partial charge in [0.2, 0.25) is 15.9 Å². The molecule has 1 aliphatic carbocycles. The molecule has 0 aromatic heterocycles. The lowest BCUT2D eigenvalue weighted by Crippen LogP contribution is -2.48. The Bertz CT molecular complexity index is 692. The molecule has 1 aliphatic heterocycles. The van der Waals surface area contributed by atoms with Crippen molar-refractivity contribution in [2.45, 2.75) is 49.1 Å². The third-order valence-corrected chi connectivity index (χ3v) is 7.18. The maximum atomic E-state index is 13.1. The van der Waals surface area contributed by atoms with Gasteiger partial charge in [-0.05, 0) is 37.3 Å². The molecular weight excluding hydrogens is 324 g/mol. The van der Waals surface area contributed by atoms with E-state index in [1.807, 2.05) is 0 Å². The summed E-state index contributed by atoms with van der Waals surface area (Å²) in [4.78, 5) is 11.9. The van der Waals surface area contributed by atoms with Crippen molar-refractivity contribution >= 4 is 27.5 Å². The van der Waals surface area contributed by atoms with E-state index in [0.29, 0.717) is 6.42 Å². The highest BCUT2D eigenvalue weighted by Crippen LogP contribution is 2.43. The molecule has 2 N–H and O–H groups in total. The molecule has 1 saturated heterocycles. The topological polar surface area (TPSA) is 80.5 Å². The minimum Gasteiger partial charge on any atom is -0.368 e. The Kier molecular flexibility index (Phi) is 4.18. The molecule has 0 spiro atoms. The molecule has 2 aliphatic rings. The van der Waals surface area contributed by atoms with Crippen molar-refractivity contribution in [1.82, 2.24) is 4.31 Å². The molecule has 7 heteroatoms. The number of halogens is 1. The van der Waals surface area contributed by atoms with E-state index < -0.39 is 22.0 Å². The van der Waals surface area contributed by atoms with Crippen LogP contribution in [0.3, 0.4) is 0 Å². The summed E-state index contributed by atoms with van der Waals surface area (Å²) >= 11 is 6.07.